The van der Waals surface area contributed by atoms with Gasteiger partial charge in [-0.15, -0.1) is 0 Å². The summed E-state index contributed by atoms with van der Waals surface area (Å²) in [6.07, 6.45) is -1.32. The van der Waals surface area contributed by atoms with E-state index >= 15 is 0 Å². The van der Waals surface area contributed by atoms with Crippen molar-refractivity contribution >= 4 is 23.4 Å². The average molecular weight is 365 g/mol. The molecule has 1 fully saturated rings. The normalized spacial score (nSPS) is 16.2. The Morgan fingerprint density at radius 2 is 2.00 bits per heavy atom. The lowest BCUT2D eigenvalue weighted by Gasteiger charge is -2.27. The van der Waals surface area contributed by atoms with Gasteiger partial charge in [-0.05, 0) is 45.0 Å². The number of carbonyl (C=O) groups is 2. The van der Waals surface area contributed by atoms with Crippen molar-refractivity contribution in [1.29, 1.82) is 0 Å². The van der Waals surface area contributed by atoms with Crippen LogP contribution in [0.4, 0.5) is 16.2 Å². The highest BCUT2D eigenvalue weighted by Gasteiger charge is 2.20. The molecule has 8 heteroatoms. The molecule has 3 N–H and O–H groups in total. The van der Waals surface area contributed by atoms with Gasteiger partial charge in [0.05, 0.1) is 12.7 Å². The van der Waals surface area contributed by atoms with Crippen molar-refractivity contribution in [2.75, 3.05) is 43.1 Å². The smallest absolute Gasteiger partial charge is 0.407 e. The van der Waals surface area contributed by atoms with E-state index in [1.807, 2.05) is 24.3 Å². The first-order valence-corrected chi connectivity index (χ1v) is 8.61. The topological polar surface area (TPSA) is 100 Å². The molecule has 0 aliphatic carbocycles. The van der Waals surface area contributed by atoms with Gasteiger partial charge in [-0.2, -0.15) is 0 Å². The lowest BCUT2D eigenvalue weighted by molar-refractivity contribution is -0.125. The Labute approximate surface area is 153 Å². The number of morpholine rings is 1. The second kappa shape index (κ2) is 8.86. The molecule has 1 aromatic carbocycles. The number of aliphatic hydroxyl groups excluding tert-OH is 1. The zero-order chi connectivity index (χ0) is 19.2. The van der Waals surface area contributed by atoms with Gasteiger partial charge in [-0.3, -0.25) is 4.79 Å². The molecule has 2 amide bonds. The van der Waals surface area contributed by atoms with E-state index in [1.54, 1.807) is 25.7 Å². The summed E-state index contributed by atoms with van der Waals surface area (Å²) in [4.78, 5) is 25.0. The van der Waals surface area contributed by atoms with Crippen LogP contribution in [-0.4, -0.2) is 61.7 Å². The summed E-state index contributed by atoms with van der Waals surface area (Å²) in [6, 6.07) is 7.37. The molecule has 1 saturated heterocycles. The van der Waals surface area contributed by atoms with Crippen LogP contribution in [0.3, 0.4) is 0 Å². The first-order valence-electron chi connectivity index (χ1n) is 8.61. The number of nitrogens with one attached hydrogen (secondary N) is 2. The van der Waals surface area contributed by atoms with E-state index in [0.29, 0.717) is 13.2 Å². The molecule has 0 saturated carbocycles. The maximum absolute atomic E-state index is 11.8. The molecule has 0 radical (unpaired) electrons. The monoisotopic (exact) mass is 365 g/mol. The summed E-state index contributed by atoms with van der Waals surface area (Å²) < 4.78 is 10.2. The van der Waals surface area contributed by atoms with E-state index < -0.39 is 17.8 Å². The molecule has 0 unspecified atom stereocenters. The summed E-state index contributed by atoms with van der Waals surface area (Å²) in [6.45, 7) is 6.87. The fraction of sp³-hybridized carbons (Fsp3) is 0.556. The number of hydrogen-bond donors (Lipinski definition) is 3. The molecule has 8 nitrogen and oxygen atoms in total. The predicted octanol–water partition coefficient (Wildman–Crippen LogP) is 1.35. The number of ether oxygens (including phenoxy) is 2. The number of alkyl carbamates (subject to hydrolysis) is 1. The number of carbonyl (C=O) groups excluding carboxylic acids is 2. The molecular formula is C18H27N3O5. The third kappa shape index (κ3) is 6.53. The molecule has 1 atom stereocenters. The number of rotatable bonds is 6. The van der Waals surface area contributed by atoms with Crippen molar-refractivity contribution in [3.8, 4) is 0 Å². The van der Waals surface area contributed by atoms with Gasteiger partial charge in [-0.1, -0.05) is 0 Å². The molecule has 1 aliphatic rings. The standard InChI is InChI=1S/C18H27N3O5/c1-18(2,3)26-17(24)20-11-15(22)10-19-13-4-6-14(7-5-13)21-8-9-25-12-16(21)23/h4-7,15,19,22H,8-12H2,1-3H3,(H,20,24)/t15-/m1/s1. The second-order valence-corrected chi connectivity index (χ2v) is 7.06. The Bertz CT molecular complexity index is 612. The number of amides is 2. The third-order valence-electron chi connectivity index (χ3n) is 3.59. The molecular weight excluding hydrogens is 338 g/mol. The second-order valence-electron chi connectivity index (χ2n) is 7.06. The van der Waals surface area contributed by atoms with E-state index in [2.05, 4.69) is 10.6 Å². The molecule has 1 aliphatic heterocycles. The highest BCUT2D eigenvalue weighted by atomic mass is 16.6. The molecule has 1 heterocycles. The lowest BCUT2D eigenvalue weighted by atomic mass is 10.2. The fourth-order valence-corrected chi connectivity index (χ4v) is 2.37. The number of aliphatic hydroxyl groups is 1. The lowest BCUT2D eigenvalue weighted by Crippen LogP contribution is -2.41. The van der Waals surface area contributed by atoms with Gasteiger partial charge in [0.25, 0.3) is 5.91 Å². The van der Waals surface area contributed by atoms with E-state index in [4.69, 9.17) is 9.47 Å². The molecule has 0 bridgehead atoms. The van der Waals surface area contributed by atoms with Crippen molar-refractivity contribution in [2.45, 2.75) is 32.5 Å². The summed E-state index contributed by atoms with van der Waals surface area (Å²) in [7, 11) is 0. The van der Waals surface area contributed by atoms with Gasteiger partial charge in [0.2, 0.25) is 0 Å². The number of hydrogen-bond acceptors (Lipinski definition) is 6. The summed E-state index contributed by atoms with van der Waals surface area (Å²) in [5.74, 6) is -0.0550. The molecule has 1 aromatic rings. The van der Waals surface area contributed by atoms with Crippen LogP contribution in [0.25, 0.3) is 0 Å². The highest BCUT2D eigenvalue weighted by molar-refractivity contribution is 5.95. The summed E-state index contributed by atoms with van der Waals surface area (Å²) >= 11 is 0. The summed E-state index contributed by atoms with van der Waals surface area (Å²) in [5, 5.41) is 15.6. The van der Waals surface area contributed by atoms with Crippen LogP contribution >= 0.6 is 0 Å². The largest absolute Gasteiger partial charge is 0.444 e. The van der Waals surface area contributed by atoms with Gasteiger partial charge in [-0.25, -0.2) is 4.79 Å². The third-order valence-corrected chi connectivity index (χ3v) is 3.59. The van der Waals surface area contributed by atoms with Crippen molar-refractivity contribution in [3.05, 3.63) is 24.3 Å². The van der Waals surface area contributed by atoms with Crippen LogP contribution in [0.1, 0.15) is 20.8 Å². The van der Waals surface area contributed by atoms with Crippen LogP contribution in [0, 0.1) is 0 Å². The fourth-order valence-electron chi connectivity index (χ4n) is 2.37. The molecule has 26 heavy (non-hydrogen) atoms. The molecule has 144 valence electrons. The van der Waals surface area contributed by atoms with E-state index in [1.165, 1.54) is 0 Å². The molecule has 0 spiro atoms. The zero-order valence-electron chi connectivity index (χ0n) is 15.4. The van der Waals surface area contributed by atoms with Gasteiger partial charge >= 0.3 is 6.09 Å². The molecule has 0 aromatic heterocycles. The van der Waals surface area contributed by atoms with Crippen LogP contribution in [0.2, 0.25) is 0 Å². The minimum absolute atomic E-state index is 0.0550. The molecule has 2 rings (SSSR count). The Hall–Kier alpha value is -2.32. The van der Waals surface area contributed by atoms with E-state index in [-0.39, 0.29) is 25.6 Å². The van der Waals surface area contributed by atoms with Crippen LogP contribution in [0.15, 0.2) is 24.3 Å². The van der Waals surface area contributed by atoms with Gasteiger partial charge in [0, 0.05) is 31.0 Å². The van der Waals surface area contributed by atoms with Crippen LogP contribution < -0.4 is 15.5 Å². The Balaban J connectivity index is 1.75. The minimum Gasteiger partial charge on any atom is -0.444 e. The maximum atomic E-state index is 11.8. The highest BCUT2D eigenvalue weighted by Crippen LogP contribution is 2.19. The van der Waals surface area contributed by atoms with Gasteiger partial charge in [0.15, 0.2) is 0 Å². The van der Waals surface area contributed by atoms with Gasteiger partial charge < -0.3 is 30.1 Å². The number of nitrogens with zero attached hydrogens (tertiary/aromatic N) is 1. The van der Waals surface area contributed by atoms with Crippen molar-refractivity contribution < 1.29 is 24.2 Å². The Kier molecular flexibility index (Phi) is 6.82. The summed E-state index contributed by atoms with van der Waals surface area (Å²) in [5.41, 5.74) is 1.05. The van der Waals surface area contributed by atoms with E-state index in [9.17, 15) is 14.7 Å². The minimum atomic E-state index is -0.761. The Morgan fingerprint density at radius 3 is 2.62 bits per heavy atom. The maximum Gasteiger partial charge on any atom is 0.407 e. The van der Waals surface area contributed by atoms with Crippen LogP contribution in [0.5, 0.6) is 0 Å². The zero-order valence-corrected chi connectivity index (χ0v) is 15.4. The first kappa shape index (κ1) is 20.0. The SMILES string of the molecule is CC(C)(C)OC(=O)NC[C@H](O)CNc1ccc(N2CCOCC2=O)cc1. The van der Waals surface area contributed by atoms with Crippen molar-refractivity contribution in [2.24, 2.45) is 0 Å². The van der Waals surface area contributed by atoms with E-state index in [0.717, 1.165) is 11.4 Å². The van der Waals surface area contributed by atoms with Gasteiger partial charge in [0.1, 0.15) is 12.2 Å². The van der Waals surface area contributed by atoms with Crippen LogP contribution in [-0.2, 0) is 14.3 Å². The number of benzene rings is 1. The first-order chi connectivity index (χ1) is 12.2. The quantitative estimate of drug-likeness (QED) is 0.704. The number of anilines is 2. The van der Waals surface area contributed by atoms with Crippen molar-refractivity contribution in [3.63, 3.8) is 0 Å². The predicted molar refractivity (Wildman–Crippen MR) is 98.3 cm³/mol. The Morgan fingerprint density at radius 1 is 1.31 bits per heavy atom. The van der Waals surface area contributed by atoms with Crippen molar-refractivity contribution in [1.82, 2.24) is 5.32 Å². The average Bonchev–Trinajstić information content (AvgIpc) is 2.58.